The van der Waals surface area contributed by atoms with Crippen LogP contribution in [0.15, 0.2) is 21.1 Å². The highest BCUT2D eigenvalue weighted by Gasteiger charge is 2.19. The lowest BCUT2D eigenvalue weighted by Gasteiger charge is -2.26. The molecule has 0 bridgehead atoms. The average Bonchev–Trinajstić information content (AvgIpc) is 2.36. The van der Waals surface area contributed by atoms with Crippen molar-refractivity contribution in [2.24, 2.45) is 0 Å². The zero-order chi connectivity index (χ0) is 13.1. The van der Waals surface area contributed by atoms with Gasteiger partial charge in [-0.2, -0.15) is 0 Å². The largest absolute Gasteiger partial charge is 0.398 e. The first kappa shape index (κ1) is 14.3. The lowest BCUT2D eigenvalue weighted by Crippen LogP contribution is -2.34. The SMILES string of the molecule is Nc1c(Br)ccc(Br)c1CNC1CCC(O)CC1. The first-order valence-electron chi connectivity index (χ1n) is 6.21. The van der Waals surface area contributed by atoms with Gasteiger partial charge in [-0.05, 0) is 53.7 Å². The van der Waals surface area contributed by atoms with Crippen molar-refractivity contribution in [3.63, 3.8) is 0 Å². The predicted octanol–water partition coefficient (Wildman–Crippen LogP) is 3.19. The molecule has 3 nitrogen and oxygen atoms in total. The van der Waals surface area contributed by atoms with Crippen LogP contribution in [0, 0.1) is 0 Å². The molecule has 1 aliphatic carbocycles. The first-order chi connectivity index (χ1) is 8.58. The third-order valence-corrected chi connectivity index (χ3v) is 4.95. The zero-order valence-corrected chi connectivity index (χ0v) is 13.3. The molecule has 1 fully saturated rings. The van der Waals surface area contributed by atoms with Gasteiger partial charge < -0.3 is 16.2 Å². The summed E-state index contributed by atoms with van der Waals surface area (Å²) in [5, 5.41) is 13.0. The molecule has 2 rings (SSSR count). The maximum Gasteiger partial charge on any atom is 0.0541 e. The number of nitrogen functional groups attached to an aromatic ring is 1. The Bertz CT molecular complexity index is 418. The van der Waals surface area contributed by atoms with Crippen LogP contribution in [-0.4, -0.2) is 17.3 Å². The maximum atomic E-state index is 9.48. The molecule has 0 saturated heterocycles. The molecule has 1 aliphatic rings. The molecule has 0 spiro atoms. The standard InChI is InChI=1S/C13H18Br2N2O/c14-11-5-6-12(15)13(16)10(11)7-17-8-1-3-9(18)4-2-8/h5-6,8-9,17-18H,1-4,7,16H2. The third kappa shape index (κ3) is 3.47. The number of hydrogen-bond donors (Lipinski definition) is 3. The van der Waals surface area contributed by atoms with Gasteiger partial charge in [-0.15, -0.1) is 0 Å². The van der Waals surface area contributed by atoms with E-state index >= 15 is 0 Å². The maximum absolute atomic E-state index is 9.48. The van der Waals surface area contributed by atoms with Crippen LogP contribution in [-0.2, 0) is 6.54 Å². The number of anilines is 1. The Labute approximate surface area is 124 Å². The van der Waals surface area contributed by atoms with Crippen molar-refractivity contribution in [1.82, 2.24) is 5.32 Å². The van der Waals surface area contributed by atoms with Crippen LogP contribution in [0.3, 0.4) is 0 Å². The van der Waals surface area contributed by atoms with Crippen molar-refractivity contribution in [3.05, 3.63) is 26.6 Å². The number of nitrogens with one attached hydrogen (secondary N) is 1. The monoisotopic (exact) mass is 376 g/mol. The van der Waals surface area contributed by atoms with E-state index in [9.17, 15) is 5.11 Å². The number of hydrogen-bond acceptors (Lipinski definition) is 3. The summed E-state index contributed by atoms with van der Waals surface area (Å²) >= 11 is 6.98. The van der Waals surface area contributed by atoms with E-state index in [0.717, 1.165) is 52.4 Å². The van der Waals surface area contributed by atoms with E-state index in [2.05, 4.69) is 37.2 Å². The van der Waals surface area contributed by atoms with Crippen LogP contribution in [0.4, 0.5) is 5.69 Å². The molecule has 0 aliphatic heterocycles. The number of nitrogens with two attached hydrogens (primary N) is 1. The normalized spacial score (nSPS) is 24.2. The molecule has 1 saturated carbocycles. The second-order valence-electron chi connectivity index (χ2n) is 4.81. The summed E-state index contributed by atoms with van der Waals surface area (Å²) in [5.74, 6) is 0. The molecule has 1 aromatic rings. The van der Waals surface area contributed by atoms with Crippen molar-refractivity contribution in [1.29, 1.82) is 0 Å². The molecule has 100 valence electrons. The van der Waals surface area contributed by atoms with Crippen LogP contribution >= 0.6 is 31.9 Å². The number of halogens is 2. The summed E-state index contributed by atoms with van der Waals surface area (Å²) in [5.41, 5.74) is 7.94. The minimum Gasteiger partial charge on any atom is -0.398 e. The van der Waals surface area contributed by atoms with Gasteiger partial charge in [-0.3, -0.25) is 0 Å². The van der Waals surface area contributed by atoms with E-state index in [0.29, 0.717) is 6.04 Å². The van der Waals surface area contributed by atoms with Gasteiger partial charge >= 0.3 is 0 Å². The Balaban J connectivity index is 1.96. The second kappa shape index (κ2) is 6.37. The van der Waals surface area contributed by atoms with Crippen molar-refractivity contribution in [3.8, 4) is 0 Å². The summed E-state index contributed by atoms with van der Waals surface area (Å²) in [4.78, 5) is 0. The highest BCUT2D eigenvalue weighted by Crippen LogP contribution is 2.30. The molecule has 0 aromatic heterocycles. The fourth-order valence-corrected chi connectivity index (χ4v) is 3.17. The van der Waals surface area contributed by atoms with Crippen molar-refractivity contribution in [2.75, 3.05) is 5.73 Å². The molecule has 0 amide bonds. The van der Waals surface area contributed by atoms with Gasteiger partial charge in [-0.1, -0.05) is 15.9 Å². The summed E-state index contributed by atoms with van der Waals surface area (Å²) in [6.07, 6.45) is 3.75. The minimum atomic E-state index is -0.106. The van der Waals surface area contributed by atoms with Gasteiger partial charge in [0.25, 0.3) is 0 Å². The van der Waals surface area contributed by atoms with Gasteiger partial charge in [-0.25, -0.2) is 0 Å². The fraction of sp³-hybridized carbons (Fsp3) is 0.538. The molecule has 18 heavy (non-hydrogen) atoms. The molecule has 4 N–H and O–H groups in total. The van der Waals surface area contributed by atoms with E-state index in [-0.39, 0.29) is 6.10 Å². The average molecular weight is 378 g/mol. The predicted molar refractivity (Wildman–Crippen MR) is 81.4 cm³/mol. The van der Waals surface area contributed by atoms with Gasteiger partial charge in [0, 0.05) is 27.1 Å². The lowest BCUT2D eigenvalue weighted by molar-refractivity contribution is 0.116. The molecule has 0 unspecified atom stereocenters. The number of rotatable bonds is 3. The molecule has 5 heteroatoms. The second-order valence-corrected chi connectivity index (χ2v) is 6.52. The van der Waals surface area contributed by atoms with E-state index in [1.54, 1.807) is 0 Å². The fourth-order valence-electron chi connectivity index (χ4n) is 2.32. The highest BCUT2D eigenvalue weighted by atomic mass is 79.9. The highest BCUT2D eigenvalue weighted by molar-refractivity contribution is 9.11. The molecule has 1 aromatic carbocycles. The summed E-state index contributed by atoms with van der Waals surface area (Å²) < 4.78 is 1.97. The molecule has 0 heterocycles. The van der Waals surface area contributed by atoms with Crippen LogP contribution in [0.25, 0.3) is 0 Å². The third-order valence-electron chi connectivity index (χ3n) is 3.51. The van der Waals surface area contributed by atoms with Crippen LogP contribution in [0.2, 0.25) is 0 Å². The molecule has 0 atom stereocenters. The topological polar surface area (TPSA) is 58.3 Å². The van der Waals surface area contributed by atoms with E-state index < -0.39 is 0 Å². The van der Waals surface area contributed by atoms with E-state index in [1.807, 2.05) is 12.1 Å². The van der Waals surface area contributed by atoms with Gasteiger partial charge in [0.05, 0.1) is 11.8 Å². The first-order valence-corrected chi connectivity index (χ1v) is 7.80. The summed E-state index contributed by atoms with van der Waals surface area (Å²) in [6, 6.07) is 4.43. The number of aliphatic hydroxyl groups is 1. The Morgan fingerprint density at radius 3 is 2.44 bits per heavy atom. The zero-order valence-electron chi connectivity index (χ0n) is 10.1. The molecular weight excluding hydrogens is 360 g/mol. The Hall–Kier alpha value is -0.100. The Morgan fingerprint density at radius 2 is 1.78 bits per heavy atom. The summed E-state index contributed by atoms with van der Waals surface area (Å²) in [6.45, 7) is 0.757. The van der Waals surface area contributed by atoms with Gasteiger partial charge in [0.2, 0.25) is 0 Å². The molecule has 0 radical (unpaired) electrons. The quantitative estimate of drug-likeness (QED) is 0.709. The van der Waals surface area contributed by atoms with Crippen molar-refractivity contribution < 1.29 is 5.11 Å². The number of aliphatic hydroxyl groups excluding tert-OH is 1. The van der Waals surface area contributed by atoms with Crippen molar-refractivity contribution in [2.45, 2.75) is 44.4 Å². The minimum absolute atomic E-state index is 0.106. The van der Waals surface area contributed by atoms with Crippen molar-refractivity contribution >= 4 is 37.5 Å². The lowest BCUT2D eigenvalue weighted by atomic mass is 9.93. The van der Waals surface area contributed by atoms with Crippen LogP contribution < -0.4 is 11.1 Å². The Kier molecular flexibility index (Phi) is 5.06. The van der Waals surface area contributed by atoms with Gasteiger partial charge in [0.1, 0.15) is 0 Å². The van der Waals surface area contributed by atoms with Crippen LogP contribution in [0.5, 0.6) is 0 Å². The number of benzene rings is 1. The van der Waals surface area contributed by atoms with E-state index in [1.165, 1.54) is 0 Å². The molecular formula is C13H18Br2N2O. The van der Waals surface area contributed by atoms with Gasteiger partial charge in [0.15, 0.2) is 0 Å². The van der Waals surface area contributed by atoms with Crippen LogP contribution in [0.1, 0.15) is 31.2 Å². The van der Waals surface area contributed by atoms with E-state index in [4.69, 9.17) is 5.73 Å². The smallest absolute Gasteiger partial charge is 0.0541 e. The summed E-state index contributed by atoms with van der Waals surface area (Å²) in [7, 11) is 0. The Morgan fingerprint density at radius 1 is 1.17 bits per heavy atom.